The monoisotopic (exact) mass is 400 g/mol. The molecule has 0 saturated carbocycles. The Hall–Kier alpha value is -1.57. The van der Waals surface area contributed by atoms with E-state index in [-0.39, 0.29) is 27.3 Å². The maximum atomic E-state index is 10.2. The molecule has 10 heavy (non-hydrogen) atoms. The molecule has 0 aliphatic heterocycles. The normalized spacial score (nSPS) is 5.80. The number of amides is 1. The Labute approximate surface area is 57.8 Å². The number of nitrogens with one attached hydrogen (secondary N) is 1. The molecule has 1 N–H and O–H groups in total. The Morgan fingerprint density at radius 3 is 2.00 bits per heavy atom. The molecule has 0 saturated heterocycles. The molecule has 0 aromatic carbocycles. The molecule has 0 unspecified atom stereocenters. The summed E-state index contributed by atoms with van der Waals surface area (Å²) in [5.41, 5.74) is 0. The van der Waals surface area contributed by atoms with E-state index in [1.54, 1.807) is 14.1 Å². The molecule has 0 aliphatic carbocycles. The Bertz CT molecular complexity index is 68.8. The zero-order valence-electron chi connectivity index (χ0n) is 5.27. The summed E-state index contributed by atoms with van der Waals surface area (Å²) in [6, 6.07) is 0. The van der Waals surface area contributed by atoms with Crippen LogP contribution in [-0.4, -0.2) is 26.5 Å². The summed E-state index contributed by atoms with van der Waals surface area (Å²) in [6.45, 7) is 0.274. The average molecular weight is 400 g/mol. The van der Waals surface area contributed by atoms with Gasteiger partial charge in [0.2, 0.25) is 0 Å². The molecule has 1 amide bonds. The van der Waals surface area contributed by atoms with E-state index in [0.29, 0.717) is 0 Å². The van der Waals surface area contributed by atoms with E-state index in [1.165, 1.54) is 0 Å². The van der Waals surface area contributed by atoms with Crippen molar-refractivity contribution in [2.75, 3.05) is 20.6 Å². The summed E-state index contributed by atoms with van der Waals surface area (Å²) < 4.78 is 0. The molecule has 0 radical (unpaired) electrons. The molecule has 0 fully saturated rings. The first kappa shape index (κ1) is 23.7. The summed E-state index contributed by atoms with van der Waals surface area (Å²) in [7, 11) is 3.20. The van der Waals surface area contributed by atoms with Gasteiger partial charge >= 0.3 is 0 Å². The fourth-order valence-electron chi connectivity index (χ4n) is 0.223. The molecule has 4 heteroatoms. The van der Waals surface area contributed by atoms with Crippen LogP contribution in [0.5, 0.6) is 0 Å². The number of rotatable bonds is 2. The van der Waals surface area contributed by atoms with Crippen LogP contribution < -0.4 is 5.32 Å². The number of carbonyl (C=O) groups excluding carboxylic acids is 1. The largest absolute Gasteiger partial charge is 0.657 e. The topological polar surface area (TPSA) is 43.2 Å². The van der Waals surface area contributed by atoms with Crippen LogP contribution in [0.3, 0.4) is 0 Å². The van der Waals surface area contributed by atoms with Crippen LogP contribution in [-0.2, 0) is 4.79 Å². The minimum Gasteiger partial charge on any atom is -0.657 e. The SMILES string of the molecule is C.C.C[N-]CC(=O)NC.[Rf]. The number of carbonyl (C=O) groups is 1. The van der Waals surface area contributed by atoms with Crippen molar-refractivity contribution in [3.63, 3.8) is 0 Å². The Morgan fingerprint density at radius 2 is 1.90 bits per heavy atom. The van der Waals surface area contributed by atoms with Crippen LogP contribution in [0.4, 0.5) is 0 Å². The van der Waals surface area contributed by atoms with E-state index >= 15 is 0 Å². The average Bonchev–Trinajstić information content (AvgIpc) is 1.68. The fraction of sp³-hybridized carbons (Fsp3) is 0.833. The second-order valence-corrected chi connectivity index (χ2v) is 1.15. The zero-order chi connectivity index (χ0) is 5.70. The molecule has 0 heterocycles. The van der Waals surface area contributed by atoms with Gasteiger partial charge in [0.25, 0.3) is 0 Å². The summed E-state index contributed by atoms with van der Waals surface area (Å²) in [6.07, 6.45) is 0. The van der Waals surface area contributed by atoms with Gasteiger partial charge in [-0.05, 0) is 0 Å². The summed E-state index contributed by atoms with van der Waals surface area (Å²) >= 11 is 0. The quantitative estimate of drug-likeness (QED) is 0.739. The molecule has 0 aromatic heterocycles. The van der Waals surface area contributed by atoms with Crippen molar-refractivity contribution < 1.29 is 4.79 Å². The van der Waals surface area contributed by atoms with Crippen LogP contribution >= 0.6 is 0 Å². The standard InChI is InChI=1S/C4H9N2O.2CH4.Rf/c1-5-3-4(7)6-2;;;/h3H2,1-2H3,(H,6,7);2*1H4;/q-1;;;. The molecule has 0 aromatic rings. The Morgan fingerprint density at radius 1 is 1.50 bits per heavy atom. The van der Waals surface area contributed by atoms with Gasteiger partial charge in [0.05, 0.1) is 0 Å². The molecular weight excluding hydrogens is 383 g/mol. The van der Waals surface area contributed by atoms with Crippen LogP contribution in [0.2, 0.25) is 0 Å². The molecule has 0 rings (SSSR count). The van der Waals surface area contributed by atoms with Gasteiger partial charge in [0, 0.05) is 7.05 Å². The Kier molecular flexibility index (Phi) is 37.1. The van der Waals surface area contributed by atoms with Crippen molar-refractivity contribution in [3.8, 4) is 0 Å². The van der Waals surface area contributed by atoms with Gasteiger partial charge in [-0.1, -0.05) is 21.4 Å². The van der Waals surface area contributed by atoms with E-state index in [2.05, 4.69) is 10.6 Å². The predicted molar refractivity (Wildman–Crippen MR) is 41.7 cm³/mol. The molecule has 0 bridgehead atoms. The van der Waals surface area contributed by atoms with Crippen molar-refractivity contribution in [2.45, 2.75) is 14.9 Å². The molecule has 3 nitrogen and oxygen atoms in total. The van der Waals surface area contributed by atoms with Crippen molar-refractivity contribution in [3.05, 3.63) is 5.32 Å². The van der Waals surface area contributed by atoms with Crippen molar-refractivity contribution in [1.29, 1.82) is 0 Å². The predicted octanol–water partition coefficient (Wildman–Crippen LogP) is 1.01. The second kappa shape index (κ2) is 15.7. The van der Waals surface area contributed by atoms with Gasteiger partial charge < -0.3 is 10.6 Å². The van der Waals surface area contributed by atoms with Crippen molar-refractivity contribution >= 4 is 5.91 Å². The second-order valence-electron chi connectivity index (χ2n) is 1.15. The zero-order valence-corrected chi connectivity index (χ0v) is 11.7. The molecule has 0 aliphatic rings. The van der Waals surface area contributed by atoms with Crippen LogP contribution in [0.15, 0.2) is 0 Å². The number of hydrogen-bond acceptors (Lipinski definition) is 1. The van der Waals surface area contributed by atoms with E-state index in [0.717, 1.165) is 0 Å². The third kappa shape index (κ3) is 16.1. The van der Waals surface area contributed by atoms with E-state index in [4.69, 9.17) is 0 Å². The third-order valence-electron chi connectivity index (χ3n) is 0.581. The number of hydrogen-bond donors (Lipinski definition) is 1. The number of likely N-dealkylation sites (N-methyl/N-ethyl adjacent to an activating group) is 2. The first-order valence-corrected chi connectivity index (χ1v) is 2.07. The van der Waals surface area contributed by atoms with E-state index in [9.17, 15) is 4.79 Å². The maximum Gasteiger partial charge on any atom is 0.199 e. The summed E-state index contributed by atoms with van der Waals surface area (Å²) in [5, 5.41) is 6.03. The van der Waals surface area contributed by atoms with Crippen molar-refractivity contribution in [2.24, 2.45) is 0 Å². The van der Waals surface area contributed by atoms with Gasteiger partial charge in [-0.25, -0.2) is 0 Å². The molecule has 0 spiro atoms. The molecule has 0 atom stereocenters. The molecular formula is C6H17N2ORf-. The van der Waals surface area contributed by atoms with Crippen LogP contribution in [0, 0.1) is 0 Å². The Balaban J connectivity index is -0.0000000600. The van der Waals surface area contributed by atoms with E-state index in [1.807, 2.05) is 0 Å². The fourth-order valence-corrected chi connectivity index (χ4v) is 0.223. The smallest absolute Gasteiger partial charge is 0.199 e. The van der Waals surface area contributed by atoms with Crippen LogP contribution in [0.25, 0.3) is 5.32 Å². The third-order valence-corrected chi connectivity index (χ3v) is 0.581. The first-order valence-electron chi connectivity index (χ1n) is 2.07. The number of nitrogens with zero attached hydrogens (tertiary/aromatic N) is 1. The van der Waals surface area contributed by atoms with Gasteiger partial charge in [0.1, 0.15) is 0 Å². The molecule has 60 valence electrons. The summed E-state index contributed by atoms with van der Waals surface area (Å²) in [5.74, 6) is -0.0394. The van der Waals surface area contributed by atoms with Gasteiger partial charge in [-0.3, -0.25) is 4.79 Å². The minimum atomic E-state index is -0.0394. The van der Waals surface area contributed by atoms with Crippen molar-refractivity contribution in [1.82, 2.24) is 5.32 Å². The minimum absolute atomic E-state index is 0. The van der Waals surface area contributed by atoms with Gasteiger partial charge in [-0.15, -0.1) is 0 Å². The van der Waals surface area contributed by atoms with E-state index < -0.39 is 0 Å². The van der Waals surface area contributed by atoms with Gasteiger partial charge in [0.15, 0.2) is 5.91 Å². The van der Waals surface area contributed by atoms with Gasteiger partial charge in [-0.2, -0.15) is 7.05 Å². The maximum absolute atomic E-state index is 10.2. The first-order chi connectivity index (χ1) is 3.31. The summed E-state index contributed by atoms with van der Waals surface area (Å²) in [4.78, 5) is 10.2. The van der Waals surface area contributed by atoms with Crippen LogP contribution in [0.1, 0.15) is 14.9 Å².